The molecule has 0 aliphatic heterocycles. The number of hydrogen-bond acceptors (Lipinski definition) is 3. The summed E-state index contributed by atoms with van der Waals surface area (Å²) in [6.45, 7) is 2.82. The minimum Gasteiger partial charge on any atom is -0.496 e. The summed E-state index contributed by atoms with van der Waals surface area (Å²) >= 11 is 1.63. The molecule has 0 unspecified atom stereocenters. The maximum absolute atomic E-state index is 14.3. The zero-order valence-electron chi connectivity index (χ0n) is 16.9. The van der Waals surface area contributed by atoms with E-state index in [1.54, 1.807) is 30.6 Å². The third-order valence-corrected chi connectivity index (χ3v) is 6.09. The monoisotopic (exact) mass is 422 g/mol. The Labute approximate surface area is 178 Å². The molecule has 0 atom stereocenters. The Morgan fingerprint density at radius 2 is 1.83 bits per heavy atom. The number of nitrogens with one attached hydrogen (secondary N) is 1. The van der Waals surface area contributed by atoms with Crippen LogP contribution in [-0.2, 0) is 13.0 Å². The zero-order valence-corrected chi connectivity index (χ0v) is 17.8. The van der Waals surface area contributed by atoms with E-state index in [9.17, 15) is 9.18 Å². The molecule has 154 valence electrons. The van der Waals surface area contributed by atoms with Crippen LogP contribution in [0, 0.1) is 12.7 Å². The number of ether oxygens (including phenoxy) is 1. The van der Waals surface area contributed by atoms with Crippen molar-refractivity contribution in [2.45, 2.75) is 19.9 Å². The highest BCUT2D eigenvalue weighted by Crippen LogP contribution is 2.30. The van der Waals surface area contributed by atoms with Gasteiger partial charge >= 0.3 is 0 Å². The van der Waals surface area contributed by atoms with Crippen LogP contribution in [0.3, 0.4) is 0 Å². The lowest BCUT2D eigenvalue weighted by Gasteiger charge is -2.12. The van der Waals surface area contributed by atoms with E-state index in [0.29, 0.717) is 30.8 Å². The van der Waals surface area contributed by atoms with Gasteiger partial charge in [0, 0.05) is 17.0 Å². The fourth-order valence-electron chi connectivity index (χ4n) is 3.63. The van der Waals surface area contributed by atoms with Crippen LogP contribution in [0.15, 0.2) is 60.7 Å². The van der Waals surface area contributed by atoms with Crippen LogP contribution in [0.4, 0.5) is 4.39 Å². The van der Waals surface area contributed by atoms with E-state index < -0.39 is 0 Å². The molecule has 2 heterocycles. The number of methoxy groups -OCH3 is 1. The van der Waals surface area contributed by atoms with Crippen LogP contribution in [0.1, 0.15) is 26.5 Å². The number of carbonyl (C=O) groups is 1. The first-order valence-corrected chi connectivity index (χ1v) is 10.6. The van der Waals surface area contributed by atoms with Gasteiger partial charge in [0.15, 0.2) is 0 Å². The van der Waals surface area contributed by atoms with Crippen molar-refractivity contribution >= 4 is 27.5 Å². The topological polar surface area (TPSA) is 43.3 Å². The molecule has 6 heteroatoms. The second kappa shape index (κ2) is 8.71. The standard InChI is InChI=1S/C24H23FN2O2S/c1-16-13-20-23(30-16)14-21(27(20)15-18-8-3-5-9-19(18)25)24(28)26-12-11-17-7-4-6-10-22(17)29-2/h3-10,13-14H,11-12,15H2,1-2H3,(H,26,28). The van der Waals surface area contributed by atoms with Crippen molar-refractivity contribution in [2.24, 2.45) is 0 Å². The number of halogens is 1. The lowest BCUT2D eigenvalue weighted by Crippen LogP contribution is -2.28. The summed E-state index contributed by atoms with van der Waals surface area (Å²) in [6, 6.07) is 18.4. The fourth-order valence-corrected chi connectivity index (χ4v) is 4.59. The summed E-state index contributed by atoms with van der Waals surface area (Å²) < 4.78 is 22.6. The summed E-state index contributed by atoms with van der Waals surface area (Å²) in [4.78, 5) is 14.1. The molecule has 4 rings (SSSR count). The summed E-state index contributed by atoms with van der Waals surface area (Å²) in [7, 11) is 1.64. The molecule has 0 spiro atoms. The number of aromatic nitrogens is 1. The quantitative estimate of drug-likeness (QED) is 0.446. The average Bonchev–Trinajstić information content (AvgIpc) is 3.26. The Bertz CT molecular complexity index is 1200. The van der Waals surface area contributed by atoms with E-state index in [-0.39, 0.29) is 11.7 Å². The molecule has 2 aromatic heterocycles. The van der Waals surface area contributed by atoms with Gasteiger partial charge in [0.25, 0.3) is 5.91 Å². The molecule has 0 saturated heterocycles. The first-order valence-electron chi connectivity index (χ1n) is 9.80. The number of benzene rings is 2. The van der Waals surface area contributed by atoms with Gasteiger partial charge in [0.2, 0.25) is 0 Å². The van der Waals surface area contributed by atoms with Crippen molar-refractivity contribution in [1.29, 1.82) is 0 Å². The van der Waals surface area contributed by atoms with Crippen molar-refractivity contribution in [3.8, 4) is 5.75 Å². The van der Waals surface area contributed by atoms with Gasteiger partial charge in [0.1, 0.15) is 17.3 Å². The second-order valence-corrected chi connectivity index (χ2v) is 8.42. The molecule has 0 aliphatic carbocycles. The molecule has 0 radical (unpaired) electrons. The van der Waals surface area contributed by atoms with Crippen LogP contribution in [0.5, 0.6) is 5.75 Å². The molecule has 1 N–H and O–H groups in total. The molecule has 0 fully saturated rings. The second-order valence-electron chi connectivity index (χ2n) is 7.13. The first kappa shape index (κ1) is 20.2. The molecular weight excluding hydrogens is 399 g/mol. The van der Waals surface area contributed by atoms with Crippen molar-refractivity contribution in [2.75, 3.05) is 13.7 Å². The fraction of sp³-hybridized carbons (Fsp3) is 0.208. The third kappa shape index (κ3) is 4.09. The van der Waals surface area contributed by atoms with Crippen LogP contribution in [0.2, 0.25) is 0 Å². The highest BCUT2D eigenvalue weighted by atomic mass is 32.1. The van der Waals surface area contributed by atoms with Crippen LogP contribution >= 0.6 is 11.3 Å². The van der Waals surface area contributed by atoms with Crippen molar-refractivity contribution < 1.29 is 13.9 Å². The van der Waals surface area contributed by atoms with Gasteiger partial charge in [-0.25, -0.2) is 4.39 Å². The minimum absolute atomic E-state index is 0.165. The average molecular weight is 423 g/mol. The van der Waals surface area contributed by atoms with E-state index in [4.69, 9.17) is 4.74 Å². The minimum atomic E-state index is -0.270. The number of rotatable bonds is 7. The Balaban J connectivity index is 1.56. The Morgan fingerprint density at radius 1 is 1.10 bits per heavy atom. The number of thiophene rings is 1. The number of aryl methyl sites for hydroxylation is 1. The van der Waals surface area contributed by atoms with Crippen molar-refractivity contribution in [1.82, 2.24) is 9.88 Å². The van der Waals surface area contributed by atoms with Crippen LogP contribution in [0.25, 0.3) is 10.2 Å². The summed E-state index contributed by atoms with van der Waals surface area (Å²) in [6.07, 6.45) is 0.664. The molecule has 4 nitrogen and oxygen atoms in total. The van der Waals surface area contributed by atoms with Gasteiger partial charge in [0.05, 0.1) is 23.9 Å². The molecule has 1 amide bonds. The number of para-hydroxylation sites is 1. The third-order valence-electron chi connectivity index (χ3n) is 5.10. The van der Waals surface area contributed by atoms with Gasteiger partial charge in [-0.2, -0.15) is 0 Å². The van der Waals surface area contributed by atoms with E-state index in [1.807, 2.05) is 54.0 Å². The highest BCUT2D eigenvalue weighted by molar-refractivity contribution is 7.19. The summed E-state index contributed by atoms with van der Waals surface area (Å²) in [5.74, 6) is 0.377. The maximum atomic E-state index is 14.3. The Kier molecular flexibility index (Phi) is 5.86. The SMILES string of the molecule is COc1ccccc1CCNC(=O)c1cc2sc(C)cc2n1Cc1ccccc1F. The lowest BCUT2D eigenvalue weighted by atomic mass is 10.1. The normalized spacial score (nSPS) is 11.0. The van der Waals surface area contributed by atoms with Crippen LogP contribution < -0.4 is 10.1 Å². The number of amides is 1. The molecule has 30 heavy (non-hydrogen) atoms. The van der Waals surface area contributed by atoms with Gasteiger partial charge < -0.3 is 14.6 Å². The van der Waals surface area contributed by atoms with E-state index in [0.717, 1.165) is 26.4 Å². The van der Waals surface area contributed by atoms with Gasteiger partial charge in [-0.1, -0.05) is 36.4 Å². The van der Waals surface area contributed by atoms with E-state index in [2.05, 4.69) is 5.32 Å². The Morgan fingerprint density at radius 3 is 2.60 bits per heavy atom. The smallest absolute Gasteiger partial charge is 0.267 e. The first-order chi connectivity index (χ1) is 14.6. The molecule has 0 saturated carbocycles. The molecule has 0 aliphatic rings. The largest absolute Gasteiger partial charge is 0.496 e. The summed E-state index contributed by atoms with van der Waals surface area (Å²) in [5, 5.41) is 3.00. The maximum Gasteiger partial charge on any atom is 0.267 e. The molecule has 4 aromatic rings. The van der Waals surface area contributed by atoms with Gasteiger partial charge in [-0.05, 0) is 43.2 Å². The lowest BCUT2D eigenvalue weighted by molar-refractivity contribution is 0.0945. The zero-order chi connectivity index (χ0) is 21.1. The van der Waals surface area contributed by atoms with Crippen molar-refractivity contribution in [3.05, 3.63) is 88.2 Å². The Hall–Kier alpha value is -3.12. The van der Waals surface area contributed by atoms with Crippen molar-refractivity contribution in [3.63, 3.8) is 0 Å². The van der Waals surface area contributed by atoms with Gasteiger partial charge in [-0.15, -0.1) is 11.3 Å². The molecular formula is C24H23FN2O2S. The number of carbonyl (C=O) groups excluding carboxylic acids is 1. The van der Waals surface area contributed by atoms with Crippen LogP contribution in [-0.4, -0.2) is 24.1 Å². The van der Waals surface area contributed by atoms with E-state index >= 15 is 0 Å². The molecule has 0 bridgehead atoms. The molecule has 2 aromatic carbocycles. The number of fused-ring (bicyclic) bond motifs is 1. The van der Waals surface area contributed by atoms with Gasteiger partial charge in [-0.3, -0.25) is 4.79 Å². The number of nitrogens with zero attached hydrogens (tertiary/aromatic N) is 1. The predicted octanol–water partition coefficient (Wildman–Crippen LogP) is 5.18. The predicted molar refractivity (Wildman–Crippen MR) is 119 cm³/mol. The van der Waals surface area contributed by atoms with E-state index in [1.165, 1.54) is 6.07 Å². The summed E-state index contributed by atoms with van der Waals surface area (Å²) in [5.41, 5.74) is 3.09. The highest BCUT2D eigenvalue weighted by Gasteiger charge is 2.18. The number of hydrogen-bond donors (Lipinski definition) is 1.